The largest absolute Gasteiger partial charge is 0.396 e. The quantitative estimate of drug-likeness (QED) is 0.430. The molecule has 0 bridgehead atoms. The van der Waals surface area contributed by atoms with Crippen LogP contribution in [0.5, 0.6) is 0 Å². The molecule has 0 aromatic rings. The molecule has 0 heterocycles. The highest BCUT2D eigenvalue weighted by molar-refractivity contribution is 4.35. The molecule has 0 aliphatic heterocycles. The summed E-state index contributed by atoms with van der Waals surface area (Å²) < 4.78 is 0. The van der Waals surface area contributed by atoms with Crippen molar-refractivity contribution < 1.29 is 20.4 Å². The first kappa shape index (κ1) is 14.4. The number of hydrogen-bond acceptors (Lipinski definition) is 4. The predicted molar refractivity (Wildman–Crippen MR) is 46.8 cm³/mol. The average molecular weight is 180 g/mol. The Morgan fingerprint density at radius 1 is 0.917 bits per heavy atom. The highest BCUT2D eigenvalue weighted by Gasteiger charge is 1.83. The van der Waals surface area contributed by atoms with Crippen LogP contribution in [-0.4, -0.2) is 46.4 Å². The molecule has 1 unspecified atom stereocenters. The lowest BCUT2D eigenvalue weighted by molar-refractivity contribution is 0.110. The van der Waals surface area contributed by atoms with Crippen LogP contribution >= 0.6 is 0 Å². The molecule has 0 aromatic carbocycles. The molecule has 4 N–H and O–H groups in total. The summed E-state index contributed by atoms with van der Waals surface area (Å²) in [5.41, 5.74) is 0. The molecule has 0 radical (unpaired) electrons. The molecule has 12 heavy (non-hydrogen) atoms. The van der Waals surface area contributed by atoms with E-state index in [2.05, 4.69) is 0 Å². The Hall–Kier alpha value is -0.160. The lowest BCUT2D eigenvalue weighted by Gasteiger charge is -1.90. The zero-order chi connectivity index (χ0) is 9.82. The summed E-state index contributed by atoms with van der Waals surface area (Å²) >= 11 is 0. The number of aliphatic hydroxyl groups is 4. The Morgan fingerprint density at radius 2 is 1.25 bits per heavy atom. The SMILES string of the molecule is CC(O)CO.OCCCCCO. The van der Waals surface area contributed by atoms with E-state index in [1.807, 2.05) is 0 Å². The highest BCUT2D eigenvalue weighted by atomic mass is 16.3. The second-order valence-corrected chi connectivity index (χ2v) is 2.54. The smallest absolute Gasteiger partial charge is 0.0742 e. The van der Waals surface area contributed by atoms with Gasteiger partial charge in [-0.15, -0.1) is 0 Å². The van der Waals surface area contributed by atoms with E-state index in [-0.39, 0.29) is 19.8 Å². The van der Waals surface area contributed by atoms with Gasteiger partial charge in [0.2, 0.25) is 0 Å². The summed E-state index contributed by atoms with van der Waals surface area (Å²) in [5.74, 6) is 0. The molecular weight excluding hydrogens is 160 g/mol. The molecule has 1 atom stereocenters. The van der Waals surface area contributed by atoms with Crippen LogP contribution in [0.4, 0.5) is 0 Å². The van der Waals surface area contributed by atoms with Crippen LogP contribution < -0.4 is 0 Å². The van der Waals surface area contributed by atoms with Crippen molar-refractivity contribution in [1.82, 2.24) is 0 Å². The van der Waals surface area contributed by atoms with E-state index in [0.717, 1.165) is 19.3 Å². The van der Waals surface area contributed by atoms with Crippen LogP contribution in [0.2, 0.25) is 0 Å². The van der Waals surface area contributed by atoms with Gasteiger partial charge in [-0.1, -0.05) is 0 Å². The van der Waals surface area contributed by atoms with Gasteiger partial charge in [-0.05, 0) is 26.2 Å². The Bertz CT molecular complexity index is 62.1. The van der Waals surface area contributed by atoms with Gasteiger partial charge in [0.1, 0.15) is 0 Å². The topological polar surface area (TPSA) is 80.9 Å². The van der Waals surface area contributed by atoms with Gasteiger partial charge in [0.25, 0.3) is 0 Å². The minimum atomic E-state index is -0.560. The average Bonchev–Trinajstić information content (AvgIpc) is 2.07. The molecule has 76 valence electrons. The second kappa shape index (κ2) is 13.4. The summed E-state index contributed by atoms with van der Waals surface area (Å²) in [6, 6.07) is 0. The molecule has 0 aliphatic rings. The minimum absolute atomic E-state index is 0.139. The summed E-state index contributed by atoms with van der Waals surface area (Å²) in [7, 11) is 0. The van der Waals surface area contributed by atoms with Gasteiger partial charge in [0, 0.05) is 13.2 Å². The third-order valence-corrected chi connectivity index (χ3v) is 1.08. The van der Waals surface area contributed by atoms with Gasteiger partial charge < -0.3 is 20.4 Å². The number of hydrogen-bond donors (Lipinski definition) is 4. The molecule has 0 rings (SSSR count). The Labute approximate surface area is 73.5 Å². The van der Waals surface area contributed by atoms with Crippen molar-refractivity contribution in [3.63, 3.8) is 0 Å². The Kier molecular flexibility index (Phi) is 16.1. The molecule has 0 aromatic heterocycles. The summed E-state index contributed by atoms with van der Waals surface area (Å²) in [4.78, 5) is 0. The number of aliphatic hydroxyl groups excluding tert-OH is 4. The summed E-state index contributed by atoms with van der Waals surface area (Å²) in [6.45, 7) is 1.89. The van der Waals surface area contributed by atoms with Crippen LogP contribution in [0.25, 0.3) is 0 Å². The van der Waals surface area contributed by atoms with Crippen LogP contribution in [0.15, 0.2) is 0 Å². The van der Waals surface area contributed by atoms with E-state index in [1.165, 1.54) is 6.92 Å². The first-order valence-corrected chi connectivity index (χ1v) is 4.19. The van der Waals surface area contributed by atoms with Gasteiger partial charge in [0.05, 0.1) is 12.7 Å². The number of rotatable bonds is 5. The van der Waals surface area contributed by atoms with E-state index < -0.39 is 6.10 Å². The van der Waals surface area contributed by atoms with Gasteiger partial charge in [-0.3, -0.25) is 0 Å². The predicted octanol–water partition coefficient (Wildman–Crippen LogP) is -0.499. The standard InChI is InChI=1S/C5H12O2.C3H8O2/c6-4-2-1-3-5-7;1-3(5)2-4/h6-7H,1-5H2;3-5H,2H2,1H3. The third-order valence-electron chi connectivity index (χ3n) is 1.08. The van der Waals surface area contributed by atoms with Crippen LogP contribution in [0.3, 0.4) is 0 Å². The van der Waals surface area contributed by atoms with E-state index in [0.29, 0.717) is 0 Å². The molecule has 0 amide bonds. The van der Waals surface area contributed by atoms with Crippen molar-refractivity contribution in [3.05, 3.63) is 0 Å². The van der Waals surface area contributed by atoms with E-state index >= 15 is 0 Å². The summed E-state index contributed by atoms with van der Waals surface area (Å²) in [5, 5.41) is 32.4. The maximum Gasteiger partial charge on any atom is 0.0742 e. The molecule has 0 fully saturated rings. The number of unbranched alkanes of at least 4 members (excludes halogenated alkanes) is 2. The maximum absolute atomic E-state index is 8.21. The van der Waals surface area contributed by atoms with Gasteiger partial charge >= 0.3 is 0 Å². The third kappa shape index (κ3) is 22.5. The van der Waals surface area contributed by atoms with Gasteiger partial charge in [-0.25, -0.2) is 0 Å². The van der Waals surface area contributed by atoms with Crippen molar-refractivity contribution in [2.75, 3.05) is 19.8 Å². The minimum Gasteiger partial charge on any atom is -0.396 e. The Morgan fingerprint density at radius 3 is 1.42 bits per heavy atom. The first-order valence-electron chi connectivity index (χ1n) is 4.19. The fourth-order valence-corrected chi connectivity index (χ4v) is 0.400. The highest BCUT2D eigenvalue weighted by Crippen LogP contribution is 1.90. The van der Waals surface area contributed by atoms with Gasteiger partial charge in [-0.2, -0.15) is 0 Å². The Balaban J connectivity index is 0. The zero-order valence-corrected chi connectivity index (χ0v) is 7.61. The molecule has 0 spiro atoms. The maximum atomic E-state index is 8.21. The molecule has 0 saturated heterocycles. The fourth-order valence-electron chi connectivity index (χ4n) is 0.400. The fraction of sp³-hybridized carbons (Fsp3) is 1.00. The van der Waals surface area contributed by atoms with Crippen molar-refractivity contribution in [3.8, 4) is 0 Å². The molecule has 0 aliphatic carbocycles. The lowest BCUT2D eigenvalue weighted by Crippen LogP contribution is -2.03. The molecule has 0 saturated carbocycles. The van der Waals surface area contributed by atoms with Crippen LogP contribution in [0.1, 0.15) is 26.2 Å². The van der Waals surface area contributed by atoms with E-state index in [4.69, 9.17) is 20.4 Å². The monoisotopic (exact) mass is 180 g/mol. The second-order valence-electron chi connectivity index (χ2n) is 2.54. The van der Waals surface area contributed by atoms with Crippen molar-refractivity contribution >= 4 is 0 Å². The molecule has 4 heteroatoms. The van der Waals surface area contributed by atoms with Crippen molar-refractivity contribution in [2.45, 2.75) is 32.3 Å². The summed E-state index contributed by atoms with van der Waals surface area (Å²) in [6.07, 6.45) is 2.02. The normalized spacial score (nSPS) is 11.8. The zero-order valence-electron chi connectivity index (χ0n) is 7.61. The van der Waals surface area contributed by atoms with Crippen molar-refractivity contribution in [1.29, 1.82) is 0 Å². The molecule has 4 nitrogen and oxygen atoms in total. The molecular formula is C8H20O4. The lowest BCUT2D eigenvalue weighted by atomic mass is 10.2. The van der Waals surface area contributed by atoms with E-state index in [9.17, 15) is 0 Å². The van der Waals surface area contributed by atoms with Crippen molar-refractivity contribution in [2.24, 2.45) is 0 Å². The van der Waals surface area contributed by atoms with Crippen LogP contribution in [0, 0.1) is 0 Å². The van der Waals surface area contributed by atoms with Gasteiger partial charge in [0.15, 0.2) is 0 Å². The van der Waals surface area contributed by atoms with E-state index in [1.54, 1.807) is 0 Å². The first-order chi connectivity index (χ1) is 5.68. The van der Waals surface area contributed by atoms with Crippen LogP contribution in [-0.2, 0) is 0 Å².